The van der Waals surface area contributed by atoms with Crippen molar-refractivity contribution in [1.29, 1.82) is 0 Å². The molecule has 4 rings (SSSR count). The van der Waals surface area contributed by atoms with Crippen molar-refractivity contribution in [2.24, 2.45) is 0 Å². The molecule has 1 aromatic heterocycles. The summed E-state index contributed by atoms with van der Waals surface area (Å²) in [5, 5.41) is 7.84. The number of benzene rings is 2. The van der Waals surface area contributed by atoms with Gasteiger partial charge in [-0.1, -0.05) is 11.6 Å². The van der Waals surface area contributed by atoms with Gasteiger partial charge in [-0.25, -0.2) is 0 Å². The molecule has 1 aliphatic rings. The number of amides is 1. The maximum absolute atomic E-state index is 12.8. The zero-order valence-corrected chi connectivity index (χ0v) is 16.9. The number of methoxy groups -OCH3 is 1. The molecule has 0 bridgehead atoms. The van der Waals surface area contributed by atoms with Crippen LogP contribution in [0.1, 0.15) is 23.3 Å². The van der Waals surface area contributed by atoms with Gasteiger partial charge in [0, 0.05) is 36.5 Å². The van der Waals surface area contributed by atoms with Gasteiger partial charge in [-0.15, -0.1) is 0 Å². The van der Waals surface area contributed by atoms with Crippen molar-refractivity contribution in [3.63, 3.8) is 0 Å². The number of aromatic amines is 1. The molecule has 0 aliphatic carbocycles. The first-order valence-corrected chi connectivity index (χ1v) is 9.91. The summed E-state index contributed by atoms with van der Waals surface area (Å²) in [7, 11) is 1.63. The van der Waals surface area contributed by atoms with E-state index in [1.54, 1.807) is 13.2 Å². The topological polar surface area (TPSA) is 67.4 Å². The van der Waals surface area contributed by atoms with Crippen LogP contribution in [0, 0.1) is 0 Å². The Hall–Kier alpha value is -2.99. The number of hydrogen-bond acceptors (Lipinski definition) is 4. The molecule has 6 nitrogen and oxygen atoms in total. The van der Waals surface area contributed by atoms with Crippen molar-refractivity contribution >= 4 is 17.5 Å². The quantitative estimate of drug-likeness (QED) is 0.674. The summed E-state index contributed by atoms with van der Waals surface area (Å²) < 4.78 is 11.2. The van der Waals surface area contributed by atoms with Crippen molar-refractivity contribution in [2.75, 3.05) is 20.2 Å². The third kappa shape index (κ3) is 4.54. The molecule has 0 radical (unpaired) electrons. The van der Waals surface area contributed by atoms with Crippen LogP contribution >= 0.6 is 11.6 Å². The highest BCUT2D eigenvalue weighted by Gasteiger charge is 2.26. The maximum atomic E-state index is 12.8. The average Bonchev–Trinajstić information content (AvgIpc) is 3.26. The molecule has 1 fully saturated rings. The lowest BCUT2D eigenvalue weighted by molar-refractivity contribution is 0.0590. The first-order valence-electron chi connectivity index (χ1n) is 9.54. The first-order chi connectivity index (χ1) is 14.1. The second-order valence-corrected chi connectivity index (χ2v) is 7.40. The molecule has 0 unspecified atom stereocenters. The molecule has 0 atom stereocenters. The van der Waals surface area contributed by atoms with Crippen LogP contribution in [0.3, 0.4) is 0 Å². The van der Waals surface area contributed by atoms with E-state index in [1.165, 1.54) is 0 Å². The summed E-state index contributed by atoms with van der Waals surface area (Å²) in [4.78, 5) is 14.7. The lowest BCUT2D eigenvalue weighted by Crippen LogP contribution is -2.41. The summed E-state index contributed by atoms with van der Waals surface area (Å²) >= 11 is 5.91. The molecule has 2 heterocycles. The summed E-state index contributed by atoms with van der Waals surface area (Å²) in [5.41, 5.74) is 2.15. The van der Waals surface area contributed by atoms with E-state index in [2.05, 4.69) is 10.2 Å². The molecule has 1 N–H and O–H groups in total. The zero-order chi connectivity index (χ0) is 20.2. The molecule has 7 heteroatoms. The van der Waals surface area contributed by atoms with E-state index in [9.17, 15) is 4.79 Å². The molecule has 150 valence electrons. The highest BCUT2D eigenvalue weighted by molar-refractivity contribution is 6.30. The number of halogens is 1. The average molecular weight is 412 g/mol. The minimum absolute atomic E-state index is 0.0396. The van der Waals surface area contributed by atoms with Gasteiger partial charge in [0.15, 0.2) is 0 Å². The Morgan fingerprint density at radius 2 is 1.72 bits per heavy atom. The highest BCUT2D eigenvalue weighted by Crippen LogP contribution is 2.24. The van der Waals surface area contributed by atoms with Crippen molar-refractivity contribution in [3.05, 3.63) is 65.3 Å². The second kappa shape index (κ2) is 8.57. The van der Waals surface area contributed by atoms with E-state index in [0.717, 1.165) is 35.6 Å². The molecular formula is C22H22ClN3O3. The van der Waals surface area contributed by atoms with Crippen LogP contribution in [0.2, 0.25) is 5.02 Å². The maximum Gasteiger partial charge on any atom is 0.271 e. The number of ether oxygens (including phenoxy) is 2. The highest BCUT2D eigenvalue weighted by atomic mass is 35.5. The van der Waals surface area contributed by atoms with Gasteiger partial charge in [0.2, 0.25) is 0 Å². The van der Waals surface area contributed by atoms with Crippen molar-refractivity contribution in [1.82, 2.24) is 15.1 Å². The third-order valence-electron chi connectivity index (χ3n) is 5.04. The van der Waals surface area contributed by atoms with Crippen LogP contribution in [-0.4, -0.2) is 47.3 Å². The minimum atomic E-state index is -0.0396. The fraction of sp³-hybridized carbons (Fsp3) is 0.273. The van der Waals surface area contributed by atoms with Gasteiger partial charge in [-0.2, -0.15) is 5.10 Å². The summed E-state index contributed by atoms with van der Waals surface area (Å²) in [6, 6.07) is 16.7. The van der Waals surface area contributed by atoms with Crippen LogP contribution < -0.4 is 9.47 Å². The van der Waals surface area contributed by atoms with E-state index in [1.807, 2.05) is 53.4 Å². The largest absolute Gasteiger partial charge is 0.497 e. The van der Waals surface area contributed by atoms with E-state index in [0.29, 0.717) is 23.8 Å². The lowest BCUT2D eigenvalue weighted by atomic mass is 10.1. The van der Waals surface area contributed by atoms with Gasteiger partial charge in [-0.3, -0.25) is 9.89 Å². The normalized spacial score (nSPS) is 14.6. The Labute approximate surface area is 174 Å². The summed E-state index contributed by atoms with van der Waals surface area (Å²) in [5.74, 6) is 1.54. The number of aromatic nitrogens is 2. The van der Waals surface area contributed by atoms with Crippen molar-refractivity contribution < 1.29 is 14.3 Å². The van der Waals surface area contributed by atoms with E-state index in [-0.39, 0.29) is 12.0 Å². The second-order valence-electron chi connectivity index (χ2n) is 6.96. The molecular weight excluding hydrogens is 390 g/mol. The van der Waals surface area contributed by atoms with Gasteiger partial charge in [0.1, 0.15) is 23.3 Å². The number of H-pyrrole nitrogens is 1. The van der Waals surface area contributed by atoms with Gasteiger partial charge in [0.25, 0.3) is 5.91 Å². The number of rotatable bonds is 5. The Morgan fingerprint density at radius 3 is 2.38 bits per heavy atom. The lowest BCUT2D eigenvalue weighted by Gasteiger charge is -2.31. The monoisotopic (exact) mass is 411 g/mol. The Morgan fingerprint density at radius 1 is 1.07 bits per heavy atom. The Balaban J connectivity index is 1.34. The Bertz CT molecular complexity index is 962. The third-order valence-corrected chi connectivity index (χ3v) is 5.29. The van der Waals surface area contributed by atoms with Crippen molar-refractivity contribution in [3.8, 4) is 22.8 Å². The van der Waals surface area contributed by atoms with Crippen LogP contribution in [0.5, 0.6) is 11.5 Å². The van der Waals surface area contributed by atoms with Gasteiger partial charge < -0.3 is 14.4 Å². The zero-order valence-electron chi connectivity index (χ0n) is 16.1. The number of carbonyl (C=O) groups is 1. The van der Waals surface area contributed by atoms with Gasteiger partial charge in [-0.05, 0) is 54.6 Å². The van der Waals surface area contributed by atoms with E-state index < -0.39 is 0 Å². The molecule has 3 aromatic rings. The number of carbonyl (C=O) groups excluding carboxylic acids is 1. The molecule has 1 saturated heterocycles. The summed E-state index contributed by atoms with van der Waals surface area (Å²) in [6.07, 6.45) is 1.67. The molecule has 29 heavy (non-hydrogen) atoms. The molecule has 0 saturated carbocycles. The predicted molar refractivity (Wildman–Crippen MR) is 112 cm³/mol. The van der Waals surface area contributed by atoms with Crippen LogP contribution in [-0.2, 0) is 0 Å². The molecule has 1 aliphatic heterocycles. The molecule has 1 amide bonds. The molecule has 2 aromatic carbocycles. The fourth-order valence-corrected chi connectivity index (χ4v) is 3.52. The number of nitrogens with one attached hydrogen (secondary N) is 1. The number of piperidine rings is 1. The smallest absolute Gasteiger partial charge is 0.271 e. The predicted octanol–water partition coefficient (Wildman–Crippen LogP) is 4.42. The standard InChI is InChI=1S/C22H22ClN3O3/c1-28-17-6-2-15(3-7-17)20-14-21(25-24-20)22(27)26-12-10-19(11-13-26)29-18-8-4-16(23)5-9-18/h2-9,14,19H,10-13H2,1H3,(H,24,25). The van der Waals surface area contributed by atoms with Crippen LogP contribution in [0.15, 0.2) is 54.6 Å². The van der Waals surface area contributed by atoms with Crippen molar-refractivity contribution in [2.45, 2.75) is 18.9 Å². The van der Waals surface area contributed by atoms with Crippen LogP contribution in [0.4, 0.5) is 0 Å². The Kier molecular flexibility index (Phi) is 5.71. The summed E-state index contributed by atoms with van der Waals surface area (Å²) in [6.45, 7) is 1.29. The minimum Gasteiger partial charge on any atom is -0.497 e. The van der Waals surface area contributed by atoms with Gasteiger partial charge >= 0.3 is 0 Å². The molecule has 0 spiro atoms. The van der Waals surface area contributed by atoms with Crippen LogP contribution in [0.25, 0.3) is 11.3 Å². The van der Waals surface area contributed by atoms with E-state index >= 15 is 0 Å². The number of nitrogens with zero attached hydrogens (tertiary/aromatic N) is 2. The number of likely N-dealkylation sites (tertiary alicyclic amines) is 1. The first kappa shape index (κ1) is 19.3. The van der Waals surface area contributed by atoms with Gasteiger partial charge in [0.05, 0.1) is 12.8 Å². The SMILES string of the molecule is COc1ccc(-c2cc(C(=O)N3CCC(Oc4ccc(Cl)cc4)CC3)[nH]n2)cc1. The van der Waals surface area contributed by atoms with E-state index in [4.69, 9.17) is 21.1 Å². The fourth-order valence-electron chi connectivity index (χ4n) is 3.39. The number of hydrogen-bond donors (Lipinski definition) is 1.